The number of ether oxygens (including phenoxy) is 4. The van der Waals surface area contributed by atoms with E-state index in [1.807, 2.05) is 13.8 Å². The molecule has 0 aromatic heterocycles. The van der Waals surface area contributed by atoms with Crippen LogP contribution in [0, 0.1) is 0 Å². The molecule has 2 aromatic carbocycles. The summed E-state index contributed by atoms with van der Waals surface area (Å²) in [5.41, 5.74) is 0. The minimum Gasteiger partial charge on any atom is -0.494 e. The molecular weight excluding hydrogens is 448 g/mol. The van der Waals surface area contributed by atoms with Gasteiger partial charge in [0.15, 0.2) is 0 Å². The second-order valence-corrected chi connectivity index (χ2v) is 6.47. The fourth-order valence-corrected chi connectivity index (χ4v) is 2.55. The highest BCUT2D eigenvalue weighted by atomic mass is 16.8. The van der Waals surface area contributed by atoms with E-state index in [-0.39, 0.29) is 18.6 Å². The molecule has 3 rings (SSSR count). The third kappa shape index (κ3) is 8.34. The van der Waals surface area contributed by atoms with Gasteiger partial charge < -0.3 is 24.3 Å². The molecule has 1 fully saturated rings. The summed E-state index contributed by atoms with van der Waals surface area (Å²) in [5.74, 6) is 0.998. The van der Waals surface area contributed by atoms with Gasteiger partial charge >= 0.3 is 12.2 Å². The van der Waals surface area contributed by atoms with Crippen molar-refractivity contribution in [3.8, 4) is 23.0 Å². The number of hydroxylamine groups is 2. The molecule has 1 heterocycles. The molecule has 182 valence electrons. The molecule has 0 atom stereocenters. The number of imide groups is 1. The first-order valence-electron chi connectivity index (χ1n) is 10.5. The van der Waals surface area contributed by atoms with E-state index in [1.165, 1.54) is 19.2 Å². The van der Waals surface area contributed by atoms with E-state index < -0.39 is 24.1 Å². The summed E-state index contributed by atoms with van der Waals surface area (Å²) >= 11 is 0. The fraction of sp³-hybridized carbons (Fsp3) is 0.304. The Hall–Kier alpha value is -4.28. The van der Waals surface area contributed by atoms with Gasteiger partial charge in [-0.3, -0.25) is 14.4 Å². The van der Waals surface area contributed by atoms with E-state index in [4.69, 9.17) is 18.9 Å². The van der Waals surface area contributed by atoms with Crippen LogP contribution >= 0.6 is 0 Å². The summed E-state index contributed by atoms with van der Waals surface area (Å²) in [5, 5.41) is 2.79. The molecule has 0 saturated carbocycles. The van der Waals surface area contributed by atoms with Gasteiger partial charge in [0.05, 0.1) is 13.2 Å². The number of nitrogens with one attached hydrogen (secondary N) is 1. The standard InChI is InChI=1S/C13H13NO6.C10H13NO3/c1-2-18-9-3-5-10(6-4-9)19-13(17)20-14-11(15)7-8-12(14)16;1-3-13-8-4-6-9(7-5-8)14-10(12)11-2/h3-6H,2,7-8H2,1H3;4-7H,3H2,1-2H3,(H,11,12). The molecule has 0 unspecified atom stereocenters. The molecule has 1 aliphatic heterocycles. The monoisotopic (exact) mass is 474 g/mol. The second kappa shape index (κ2) is 13.3. The zero-order valence-corrected chi connectivity index (χ0v) is 19.1. The molecule has 1 saturated heterocycles. The predicted octanol–water partition coefficient (Wildman–Crippen LogP) is 3.47. The van der Waals surface area contributed by atoms with Crippen molar-refractivity contribution in [2.45, 2.75) is 26.7 Å². The van der Waals surface area contributed by atoms with Gasteiger partial charge in [-0.2, -0.15) is 0 Å². The third-order valence-corrected chi connectivity index (χ3v) is 4.06. The van der Waals surface area contributed by atoms with Gasteiger partial charge in [-0.15, -0.1) is 0 Å². The van der Waals surface area contributed by atoms with Gasteiger partial charge in [-0.05, 0) is 62.4 Å². The van der Waals surface area contributed by atoms with E-state index in [2.05, 4.69) is 10.2 Å². The van der Waals surface area contributed by atoms with Crippen LogP contribution in [0.5, 0.6) is 23.0 Å². The van der Waals surface area contributed by atoms with E-state index in [9.17, 15) is 19.2 Å². The summed E-state index contributed by atoms with van der Waals surface area (Å²) in [6.45, 7) is 4.91. The van der Waals surface area contributed by atoms with Gasteiger partial charge in [0.2, 0.25) is 0 Å². The minimum absolute atomic E-state index is 0.0369. The quantitative estimate of drug-likeness (QED) is 0.364. The van der Waals surface area contributed by atoms with Crippen LogP contribution in [0.3, 0.4) is 0 Å². The van der Waals surface area contributed by atoms with E-state index in [0.29, 0.717) is 29.8 Å². The van der Waals surface area contributed by atoms with Crippen LogP contribution in [-0.2, 0) is 14.4 Å². The van der Waals surface area contributed by atoms with Crippen molar-refractivity contribution in [3.05, 3.63) is 48.5 Å². The summed E-state index contributed by atoms with van der Waals surface area (Å²) < 4.78 is 20.2. The number of carbonyl (C=O) groups excluding carboxylic acids is 4. The highest BCUT2D eigenvalue weighted by Gasteiger charge is 2.33. The number of rotatable bonds is 7. The molecule has 34 heavy (non-hydrogen) atoms. The first-order valence-corrected chi connectivity index (χ1v) is 10.5. The minimum atomic E-state index is -1.14. The third-order valence-electron chi connectivity index (χ3n) is 4.06. The molecule has 0 spiro atoms. The van der Waals surface area contributed by atoms with Crippen molar-refractivity contribution < 1.29 is 43.0 Å². The SMILES string of the molecule is CCOc1ccc(OC(=O)NC)cc1.CCOc1ccc(OC(=O)ON2C(=O)CCC2=O)cc1. The van der Waals surface area contributed by atoms with Gasteiger partial charge in [0, 0.05) is 19.9 Å². The zero-order chi connectivity index (χ0) is 24.9. The molecule has 1 N–H and O–H groups in total. The molecule has 11 heteroatoms. The largest absolute Gasteiger partial charge is 0.539 e. The maximum Gasteiger partial charge on any atom is 0.539 e. The smallest absolute Gasteiger partial charge is 0.494 e. The Balaban J connectivity index is 0.000000257. The number of carbonyl (C=O) groups is 4. The maximum absolute atomic E-state index is 11.4. The Kier molecular flexibility index (Phi) is 10.2. The van der Waals surface area contributed by atoms with Crippen LogP contribution in [-0.4, -0.2) is 49.4 Å². The van der Waals surface area contributed by atoms with Crippen molar-refractivity contribution >= 4 is 24.1 Å². The molecule has 2 aromatic rings. The lowest BCUT2D eigenvalue weighted by atomic mass is 10.3. The number of hydrogen-bond acceptors (Lipinski definition) is 9. The van der Waals surface area contributed by atoms with Crippen LogP contribution in [0.25, 0.3) is 0 Å². The summed E-state index contributed by atoms with van der Waals surface area (Å²) in [6.07, 6.45) is -1.54. The molecule has 0 radical (unpaired) electrons. The molecular formula is C23H26N2O9. The van der Waals surface area contributed by atoms with Crippen molar-refractivity contribution in [2.75, 3.05) is 20.3 Å². The molecule has 0 aliphatic carbocycles. The number of benzene rings is 2. The molecule has 11 nitrogen and oxygen atoms in total. The number of nitrogens with zero attached hydrogens (tertiary/aromatic N) is 1. The lowest BCUT2D eigenvalue weighted by Gasteiger charge is -2.12. The van der Waals surface area contributed by atoms with Crippen LogP contribution in [0.4, 0.5) is 9.59 Å². The second-order valence-electron chi connectivity index (χ2n) is 6.47. The number of amides is 3. The van der Waals surface area contributed by atoms with Crippen LogP contribution in [0.2, 0.25) is 0 Å². The average Bonchev–Trinajstić information content (AvgIpc) is 3.14. The predicted molar refractivity (Wildman–Crippen MR) is 119 cm³/mol. The summed E-state index contributed by atoms with van der Waals surface area (Å²) in [6, 6.07) is 13.1. The highest BCUT2D eigenvalue weighted by molar-refractivity contribution is 6.01. The number of hydrogen-bond donors (Lipinski definition) is 1. The Morgan fingerprint density at radius 3 is 1.59 bits per heavy atom. The van der Waals surface area contributed by atoms with E-state index in [0.717, 1.165) is 5.75 Å². The highest BCUT2D eigenvalue weighted by Crippen LogP contribution is 2.19. The Bertz CT molecular complexity index is 959. The van der Waals surface area contributed by atoms with Crippen molar-refractivity contribution in [1.82, 2.24) is 10.4 Å². The summed E-state index contributed by atoms with van der Waals surface area (Å²) in [7, 11) is 1.51. The van der Waals surface area contributed by atoms with Crippen molar-refractivity contribution in [2.24, 2.45) is 0 Å². The van der Waals surface area contributed by atoms with Crippen LogP contribution in [0.1, 0.15) is 26.7 Å². The Morgan fingerprint density at radius 1 is 0.765 bits per heavy atom. The molecule has 0 bridgehead atoms. The Morgan fingerprint density at radius 2 is 1.18 bits per heavy atom. The van der Waals surface area contributed by atoms with Crippen LogP contribution in [0.15, 0.2) is 48.5 Å². The zero-order valence-electron chi connectivity index (χ0n) is 19.1. The van der Waals surface area contributed by atoms with Gasteiger partial charge in [-0.1, -0.05) is 5.06 Å². The maximum atomic E-state index is 11.4. The first kappa shape index (κ1) is 26.0. The van der Waals surface area contributed by atoms with Crippen molar-refractivity contribution in [3.63, 3.8) is 0 Å². The van der Waals surface area contributed by atoms with Gasteiger partial charge in [-0.25, -0.2) is 9.59 Å². The fourth-order valence-electron chi connectivity index (χ4n) is 2.55. The van der Waals surface area contributed by atoms with Gasteiger partial charge in [0.1, 0.15) is 23.0 Å². The van der Waals surface area contributed by atoms with Gasteiger partial charge in [0.25, 0.3) is 11.8 Å². The normalized spacial score (nSPS) is 12.3. The molecule has 1 aliphatic rings. The Labute approximate surface area is 196 Å². The average molecular weight is 474 g/mol. The topological polar surface area (TPSA) is 130 Å². The van der Waals surface area contributed by atoms with Crippen LogP contribution < -0.4 is 24.3 Å². The first-order chi connectivity index (χ1) is 16.4. The van der Waals surface area contributed by atoms with E-state index in [1.54, 1.807) is 36.4 Å². The molecule has 3 amide bonds. The van der Waals surface area contributed by atoms with E-state index >= 15 is 0 Å². The lowest BCUT2D eigenvalue weighted by molar-refractivity contribution is -0.174. The van der Waals surface area contributed by atoms with Crippen molar-refractivity contribution in [1.29, 1.82) is 0 Å². The summed E-state index contributed by atoms with van der Waals surface area (Å²) in [4.78, 5) is 49.3. The lowest BCUT2D eigenvalue weighted by Crippen LogP contribution is -2.33.